The molecule has 0 fully saturated rings. The molecule has 10 heteroatoms. The molecular formula is C29H27F2N5O3. The fourth-order valence-electron chi connectivity index (χ4n) is 4.48. The van der Waals surface area contributed by atoms with Gasteiger partial charge in [0, 0.05) is 31.3 Å². The second-order valence-corrected chi connectivity index (χ2v) is 9.27. The van der Waals surface area contributed by atoms with Gasteiger partial charge in [0.05, 0.1) is 30.6 Å². The minimum absolute atomic E-state index is 0.0290. The summed E-state index contributed by atoms with van der Waals surface area (Å²) in [6.45, 7) is 2.71. The van der Waals surface area contributed by atoms with E-state index in [4.69, 9.17) is 9.72 Å². The van der Waals surface area contributed by atoms with Gasteiger partial charge in [0.1, 0.15) is 5.75 Å². The predicted octanol–water partition coefficient (Wildman–Crippen LogP) is 5.03. The number of aryl methyl sites for hydroxylation is 1. The van der Waals surface area contributed by atoms with Gasteiger partial charge in [-0.1, -0.05) is 24.3 Å². The summed E-state index contributed by atoms with van der Waals surface area (Å²) < 4.78 is 33.6. The van der Waals surface area contributed by atoms with Crippen LogP contribution in [-0.2, 0) is 19.5 Å². The zero-order valence-electron chi connectivity index (χ0n) is 21.5. The van der Waals surface area contributed by atoms with E-state index in [0.717, 1.165) is 29.0 Å². The Balaban J connectivity index is 1.45. The highest BCUT2D eigenvalue weighted by molar-refractivity contribution is 5.89. The standard InChI is InChI=1S/C29H27F2N5O3/c1-18-4-3-5-21(14-18)36-27(37)23-17-35(29(38)33-20-8-11-24(30)25(31)15-20)13-12-26(23)34-28(36)32-16-19-6-9-22(39-2)10-7-19/h3-11,14-15H,12-13,16-17H2,1-2H3,(H,32,34)(H,33,38). The van der Waals surface area contributed by atoms with Crippen LogP contribution in [0.4, 0.5) is 25.2 Å². The average molecular weight is 532 g/mol. The molecule has 3 aromatic carbocycles. The lowest BCUT2D eigenvalue weighted by Crippen LogP contribution is -2.43. The normalized spacial score (nSPS) is 12.6. The van der Waals surface area contributed by atoms with Crippen LogP contribution in [0.5, 0.6) is 5.75 Å². The molecular weight excluding hydrogens is 504 g/mol. The number of urea groups is 1. The molecule has 39 heavy (non-hydrogen) atoms. The molecule has 5 rings (SSSR count). The molecule has 0 aliphatic carbocycles. The molecule has 2 heterocycles. The van der Waals surface area contributed by atoms with Crippen molar-refractivity contribution in [3.63, 3.8) is 0 Å². The highest BCUT2D eigenvalue weighted by Gasteiger charge is 2.27. The molecule has 4 aromatic rings. The third kappa shape index (κ3) is 5.59. The summed E-state index contributed by atoms with van der Waals surface area (Å²) >= 11 is 0. The zero-order valence-corrected chi connectivity index (χ0v) is 21.5. The number of fused-ring (bicyclic) bond motifs is 1. The number of nitrogens with zero attached hydrogens (tertiary/aromatic N) is 3. The van der Waals surface area contributed by atoms with Gasteiger partial charge in [-0.15, -0.1) is 0 Å². The SMILES string of the molecule is COc1ccc(CNc2nc3c(c(=O)n2-c2cccc(C)c2)CN(C(=O)Nc2ccc(F)c(F)c2)CC3)cc1. The number of methoxy groups -OCH3 is 1. The molecule has 0 bridgehead atoms. The number of benzene rings is 3. The molecule has 0 radical (unpaired) electrons. The second-order valence-electron chi connectivity index (χ2n) is 9.27. The van der Waals surface area contributed by atoms with Crippen LogP contribution in [-0.4, -0.2) is 34.1 Å². The monoisotopic (exact) mass is 531 g/mol. The van der Waals surface area contributed by atoms with Crippen molar-refractivity contribution in [2.75, 3.05) is 24.3 Å². The zero-order chi connectivity index (χ0) is 27.5. The van der Waals surface area contributed by atoms with E-state index in [-0.39, 0.29) is 17.8 Å². The van der Waals surface area contributed by atoms with Crippen LogP contribution < -0.4 is 20.9 Å². The minimum Gasteiger partial charge on any atom is -0.497 e. The van der Waals surface area contributed by atoms with Gasteiger partial charge < -0.3 is 20.3 Å². The van der Waals surface area contributed by atoms with Crippen LogP contribution in [0, 0.1) is 18.6 Å². The first-order chi connectivity index (χ1) is 18.8. The van der Waals surface area contributed by atoms with Gasteiger partial charge in [0.2, 0.25) is 5.95 Å². The maximum atomic E-state index is 13.9. The Morgan fingerprint density at radius 3 is 2.56 bits per heavy atom. The first-order valence-corrected chi connectivity index (χ1v) is 12.4. The smallest absolute Gasteiger partial charge is 0.322 e. The van der Waals surface area contributed by atoms with Gasteiger partial charge in [-0.2, -0.15) is 0 Å². The Hall–Kier alpha value is -4.73. The first kappa shape index (κ1) is 25.9. The van der Waals surface area contributed by atoms with Gasteiger partial charge >= 0.3 is 6.03 Å². The molecule has 0 saturated carbocycles. The van der Waals surface area contributed by atoms with Crippen LogP contribution in [0.1, 0.15) is 22.4 Å². The van der Waals surface area contributed by atoms with Gasteiger partial charge in [0.15, 0.2) is 11.6 Å². The van der Waals surface area contributed by atoms with E-state index < -0.39 is 17.7 Å². The molecule has 1 aliphatic rings. The third-order valence-electron chi connectivity index (χ3n) is 6.56. The number of ether oxygens (including phenoxy) is 1. The third-order valence-corrected chi connectivity index (χ3v) is 6.56. The number of halogens is 2. The lowest BCUT2D eigenvalue weighted by atomic mass is 10.1. The van der Waals surface area contributed by atoms with Crippen molar-refractivity contribution < 1.29 is 18.3 Å². The molecule has 0 saturated heterocycles. The van der Waals surface area contributed by atoms with Gasteiger partial charge in [-0.25, -0.2) is 23.1 Å². The summed E-state index contributed by atoms with van der Waals surface area (Å²) in [7, 11) is 1.61. The molecule has 1 aromatic heterocycles. The number of hydrogen-bond donors (Lipinski definition) is 2. The summed E-state index contributed by atoms with van der Waals surface area (Å²) in [5.41, 5.74) is 3.46. The van der Waals surface area contributed by atoms with E-state index >= 15 is 0 Å². The van der Waals surface area contributed by atoms with Gasteiger partial charge in [-0.05, 0) is 54.4 Å². The van der Waals surface area contributed by atoms with Crippen molar-refractivity contribution in [3.05, 3.63) is 111 Å². The maximum Gasteiger partial charge on any atom is 0.322 e. The number of carbonyl (C=O) groups is 1. The van der Waals surface area contributed by atoms with Crippen LogP contribution in [0.2, 0.25) is 0 Å². The van der Waals surface area contributed by atoms with E-state index in [2.05, 4.69) is 10.6 Å². The number of rotatable bonds is 6. The number of nitrogens with one attached hydrogen (secondary N) is 2. The number of anilines is 2. The summed E-state index contributed by atoms with van der Waals surface area (Å²) in [5, 5.41) is 5.88. The lowest BCUT2D eigenvalue weighted by molar-refractivity contribution is 0.205. The quantitative estimate of drug-likeness (QED) is 0.364. The highest BCUT2D eigenvalue weighted by atomic mass is 19.2. The van der Waals surface area contributed by atoms with Crippen molar-refractivity contribution in [1.82, 2.24) is 14.5 Å². The summed E-state index contributed by atoms with van der Waals surface area (Å²) in [5.74, 6) is -0.906. The molecule has 0 atom stereocenters. The Morgan fingerprint density at radius 1 is 1.05 bits per heavy atom. The van der Waals surface area contributed by atoms with E-state index in [1.54, 1.807) is 7.11 Å². The molecule has 200 valence electrons. The fourth-order valence-corrected chi connectivity index (χ4v) is 4.48. The molecule has 2 amide bonds. The van der Waals surface area contributed by atoms with E-state index in [9.17, 15) is 18.4 Å². The van der Waals surface area contributed by atoms with Crippen LogP contribution in [0.15, 0.2) is 71.5 Å². The molecule has 0 unspecified atom stereocenters. The van der Waals surface area contributed by atoms with Crippen molar-refractivity contribution in [2.45, 2.75) is 26.4 Å². The van der Waals surface area contributed by atoms with Crippen molar-refractivity contribution >= 4 is 17.7 Å². The van der Waals surface area contributed by atoms with Crippen LogP contribution in [0.25, 0.3) is 5.69 Å². The van der Waals surface area contributed by atoms with Gasteiger partial charge in [0.25, 0.3) is 5.56 Å². The minimum atomic E-state index is -1.06. The Bertz CT molecular complexity index is 1590. The van der Waals surface area contributed by atoms with Crippen molar-refractivity contribution in [1.29, 1.82) is 0 Å². The average Bonchev–Trinajstić information content (AvgIpc) is 2.94. The highest BCUT2D eigenvalue weighted by Crippen LogP contribution is 2.22. The Kier molecular flexibility index (Phi) is 7.27. The van der Waals surface area contributed by atoms with E-state index in [1.165, 1.54) is 15.5 Å². The molecule has 2 N–H and O–H groups in total. The fraction of sp³-hybridized carbons (Fsp3) is 0.207. The summed E-state index contributed by atoms with van der Waals surface area (Å²) in [6.07, 6.45) is 0.363. The predicted molar refractivity (Wildman–Crippen MR) is 144 cm³/mol. The first-order valence-electron chi connectivity index (χ1n) is 12.4. The summed E-state index contributed by atoms with van der Waals surface area (Å²) in [6, 6.07) is 17.7. The molecule has 0 spiro atoms. The van der Waals surface area contributed by atoms with Crippen LogP contribution in [0.3, 0.4) is 0 Å². The molecule has 8 nitrogen and oxygen atoms in total. The molecule has 1 aliphatic heterocycles. The van der Waals surface area contributed by atoms with E-state index in [0.29, 0.717) is 42.4 Å². The number of aromatic nitrogens is 2. The van der Waals surface area contributed by atoms with Crippen molar-refractivity contribution in [3.8, 4) is 11.4 Å². The second kappa shape index (κ2) is 10.9. The number of hydrogen-bond acceptors (Lipinski definition) is 5. The van der Waals surface area contributed by atoms with E-state index in [1.807, 2.05) is 55.5 Å². The Labute approximate surface area is 223 Å². The number of amides is 2. The Morgan fingerprint density at radius 2 is 1.85 bits per heavy atom. The lowest BCUT2D eigenvalue weighted by Gasteiger charge is -2.29. The van der Waals surface area contributed by atoms with Crippen LogP contribution >= 0.6 is 0 Å². The topological polar surface area (TPSA) is 88.5 Å². The summed E-state index contributed by atoms with van der Waals surface area (Å²) in [4.78, 5) is 33.0. The van der Waals surface area contributed by atoms with Gasteiger partial charge in [-0.3, -0.25) is 4.79 Å². The van der Waals surface area contributed by atoms with Crippen molar-refractivity contribution in [2.24, 2.45) is 0 Å². The number of carbonyl (C=O) groups excluding carboxylic acids is 1. The largest absolute Gasteiger partial charge is 0.497 e. The maximum absolute atomic E-state index is 13.9.